The zero-order valence-corrected chi connectivity index (χ0v) is 20.7. The van der Waals surface area contributed by atoms with Crippen LogP contribution in [0.1, 0.15) is 0 Å². The van der Waals surface area contributed by atoms with Crippen molar-refractivity contribution in [1.82, 2.24) is 0 Å². The van der Waals surface area contributed by atoms with Crippen LogP contribution in [0.25, 0.3) is 0 Å². The van der Waals surface area contributed by atoms with Crippen molar-refractivity contribution >= 4 is 43.5 Å². The zero-order valence-electron chi connectivity index (χ0n) is 13.5. The number of aliphatic hydroxyl groups is 8. The number of aliphatic hydroxyl groups excluding tert-OH is 8. The summed E-state index contributed by atoms with van der Waals surface area (Å²) in [6.45, 7) is -1.14. The molecule has 27 heavy (non-hydrogen) atoms. The molecular formula is C12H22Cl2O10PtSe2. The van der Waals surface area contributed by atoms with Crippen molar-refractivity contribution in [1.29, 1.82) is 0 Å². The minimum atomic E-state index is -3.69. The first-order valence-corrected chi connectivity index (χ1v) is 25.9. The summed E-state index contributed by atoms with van der Waals surface area (Å²) in [4.78, 5) is 0. The number of hydrogen-bond donors (Lipinski definition) is 8. The van der Waals surface area contributed by atoms with Crippen LogP contribution in [-0.2, 0) is 19.3 Å². The summed E-state index contributed by atoms with van der Waals surface area (Å²) in [5, 5.41) is 76.1. The summed E-state index contributed by atoms with van der Waals surface area (Å²) in [5.74, 6) is 0. The van der Waals surface area contributed by atoms with E-state index in [9.17, 15) is 40.9 Å². The van der Waals surface area contributed by atoms with Crippen molar-refractivity contribution < 1.29 is 60.2 Å². The molecule has 0 aromatic heterocycles. The second-order valence-corrected chi connectivity index (χ2v) is 53.6. The number of halogens is 2. The van der Waals surface area contributed by atoms with Crippen LogP contribution in [-0.4, -0.2) is 138 Å². The Morgan fingerprint density at radius 3 is 1.26 bits per heavy atom. The molecule has 0 amide bonds. The van der Waals surface area contributed by atoms with Crippen molar-refractivity contribution in [3.05, 3.63) is 0 Å². The summed E-state index contributed by atoms with van der Waals surface area (Å²) in [6.07, 6.45) is -11.1. The quantitative estimate of drug-likeness (QED) is 0.123. The Morgan fingerprint density at radius 2 is 0.963 bits per heavy atom. The van der Waals surface area contributed by atoms with Crippen molar-refractivity contribution in [2.24, 2.45) is 0 Å². The van der Waals surface area contributed by atoms with Crippen molar-refractivity contribution in [2.45, 2.75) is 58.8 Å². The monoisotopic (exact) mass is 751 g/mol. The second-order valence-electron chi connectivity index (χ2n) is 5.84. The van der Waals surface area contributed by atoms with E-state index in [1.165, 1.54) is 0 Å². The molecule has 2 aliphatic heterocycles. The first-order valence-electron chi connectivity index (χ1n) is 7.58. The molecule has 0 aromatic rings. The van der Waals surface area contributed by atoms with E-state index < -0.39 is 107 Å². The van der Waals surface area contributed by atoms with E-state index in [1.807, 2.05) is 0 Å². The van der Waals surface area contributed by atoms with Gasteiger partial charge in [0.2, 0.25) is 0 Å². The van der Waals surface area contributed by atoms with Gasteiger partial charge in [0, 0.05) is 0 Å². The van der Waals surface area contributed by atoms with Crippen LogP contribution < -0.4 is 0 Å². The molecule has 0 saturated carbocycles. The Hall–Kier alpha value is 1.91. The zero-order chi connectivity index (χ0) is 20.5. The summed E-state index contributed by atoms with van der Waals surface area (Å²) >= 11 is -1.49. The van der Waals surface area contributed by atoms with E-state index in [0.29, 0.717) is 0 Å². The van der Waals surface area contributed by atoms with E-state index >= 15 is 0 Å². The Labute approximate surface area is 174 Å². The normalized spacial score (nSPS) is 47.0. The van der Waals surface area contributed by atoms with Gasteiger partial charge >= 0.3 is 176 Å². The number of ether oxygens (including phenoxy) is 2. The summed E-state index contributed by atoms with van der Waals surface area (Å²) in [5.41, 5.74) is 0. The number of rotatable bonds is 6. The Bertz CT molecular complexity index is 453. The van der Waals surface area contributed by atoms with Gasteiger partial charge in [0.05, 0.1) is 0 Å². The molecule has 166 valence electrons. The molecule has 8 N–H and O–H groups in total. The van der Waals surface area contributed by atoms with E-state index in [2.05, 4.69) is 0 Å². The maximum absolute atomic E-state index is 10.1. The van der Waals surface area contributed by atoms with E-state index in [0.717, 1.165) is 0 Å². The Balaban J connectivity index is 2.05. The van der Waals surface area contributed by atoms with Crippen molar-refractivity contribution in [3.8, 4) is 0 Å². The van der Waals surface area contributed by atoms with E-state index in [1.54, 1.807) is 0 Å². The molecule has 2 unspecified atom stereocenters. The summed E-state index contributed by atoms with van der Waals surface area (Å²) in [7, 11) is 9.29. The first kappa shape index (κ1) is 25.2. The van der Waals surface area contributed by atoms with Crippen LogP contribution in [0.2, 0.25) is 0 Å². The predicted octanol–water partition coefficient (Wildman–Crippen LogP) is -4.71. The molecule has 2 fully saturated rings. The van der Waals surface area contributed by atoms with Crippen LogP contribution in [0.4, 0.5) is 0 Å². The molecule has 2 saturated heterocycles. The van der Waals surface area contributed by atoms with Crippen LogP contribution in [0.5, 0.6) is 0 Å². The molecule has 0 aliphatic carbocycles. The van der Waals surface area contributed by atoms with Crippen LogP contribution in [0, 0.1) is 0 Å². The average Bonchev–Trinajstić information content (AvgIpc) is 2.62. The van der Waals surface area contributed by atoms with Crippen LogP contribution in [0.3, 0.4) is 0 Å². The second kappa shape index (κ2) is 10.5. The maximum atomic E-state index is 10.1. The molecule has 0 bridgehead atoms. The number of hydrogen-bond acceptors (Lipinski definition) is 10. The van der Waals surface area contributed by atoms with Gasteiger partial charge in [0.15, 0.2) is 0 Å². The molecule has 0 radical (unpaired) electrons. The molecule has 10 nitrogen and oxygen atoms in total. The molecule has 0 aromatic carbocycles. The summed E-state index contributed by atoms with van der Waals surface area (Å²) in [6, 6.07) is 0. The average molecular weight is 750 g/mol. The molecule has 0 spiro atoms. The van der Waals surface area contributed by atoms with E-state index in [4.69, 9.17) is 28.3 Å². The molecule has 15 heteroatoms. The van der Waals surface area contributed by atoms with Crippen molar-refractivity contribution in [2.75, 3.05) is 13.2 Å². The molecule has 2 rings (SSSR count). The van der Waals surface area contributed by atoms with Gasteiger partial charge in [-0.2, -0.15) is 0 Å². The van der Waals surface area contributed by atoms with Gasteiger partial charge in [-0.25, -0.2) is 0 Å². The van der Waals surface area contributed by atoms with Gasteiger partial charge < -0.3 is 0 Å². The fourth-order valence-corrected chi connectivity index (χ4v) is 40.0. The van der Waals surface area contributed by atoms with Crippen LogP contribution >= 0.6 is 18.8 Å². The van der Waals surface area contributed by atoms with Gasteiger partial charge in [-0.05, 0) is 0 Å². The Morgan fingerprint density at radius 1 is 0.630 bits per heavy atom. The van der Waals surface area contributed by atoms with Gasteiger partial charge in [0.1, 0.15) is 0 Å². The fraction of sp³-hybridized carbons (Fsp3) is 1.00. The van der Waals surface area contributed by atoms with Gasteiger partial charge in [-0.15, -0.1) is 0 Å². The molecule has 2 aliphatic rings. The van der Waals surface area contributed by atoms with Gasteiger partial charge in [-0.1, -0.05) is 0 Å². The van der Waals surface area contributed by atoms with Gasteiger partial charge in [0.25, 0.3) is 0 Å². The third kappa shape index (κ3) is 5.99. The topological polar surface area (TPSA) is 180 Å². The first-order chi connectivity index (χ1) is 12.5. The van der Waals surface area contributed by atoms with Crippen molar-refractivity contribution in [3.63, 3.8) is 0 Å². The standard InChI is InChI=1S/2C6H12O5Se.2ClH.Pt/c2*7-1-2-3(8)4(9)5(10)6(12)11-2;;;/h2*2-10,12H,1H2;2*1H;/q;;;;+4/p-4/t2*2-,3-,4+,5-,6?;;;/m11.../s1. The Kier molecular flexibility index (Phi) is 9.77. The molecule has 10 atom stereocenters. The minimum absolute atomic E-state index is 0.570. The third-order valence-corrected chi connectivity index (χ3v) is 39.4. The summed E-state index contributed by atoms with van der Waals surface area (Å²) < 4.78 is 10.9. The van der Waals surface area contributed by atoms with Crippen LogP contribution in [0.15, 0.2) is 0 Å². The van der Waals surface area contributed by atoms with Gasteiger partial charge in [-0.3, -0.25) is 0 Å². The predicted molar refractivity (Wildman–Crippen MR) is 90.7 cm³/mol. The molecular weight excluding hydrogens is 728 g/mol. The SMILES string of the molecule is OC[C@H]1OC([Se][Pt]([Cl])([Cl])[Se]C2O[C@H](CO)[C@@H](O)[C@H](O)[C@H]2O)[C@H](O)[C@@H](O)[C@@H]1O. The third-order valence-electron chi connectivity index (χ3n) is 4.02. The van der Waals surface area contributed by atoms with E-state index in [-0.39, 0.29) is 0 Å². The molecule has 2 heterocycles. The fourth-order valence-electron chi connectivity index (χ4n) is 2.45.